The van der Waals surface area contributed by atoms with E-state index in [2.05, 4.69) is 31.1 Å². The highest BCUT2D eigenvalue weighted by Gasteiger charge is 2.41. The minimum Gasteiger partial charge on any atom is -0.480 e. The molecule has 324 valence electrons. The molecule has 9 rings (SSSR count). The normalized spacial score (nSPS) is 20.7. The van der Waals surface area contributed by atoms with E-state index >= 15 is 4.39 Å². The summed E-state index contributed by atoms with van der Waals surface area (Å²) >= 11 is 0. The Bertz CT molecular complexity index is 2740. The molecule has 14 nitrogen and oxygen atoms in total. The molecule has 3 fully saturated rings. The van der Waals surface area contributed by atoms with E-state index in [0.29, 0.717) is 93.5 Å². The van der Waals surface area contributed by atoms with Gasteiger partial charge in [-0.1, -0.05) is 30.3 Å². The molecule has 2 saturated heterocycles. The number of benzene rings is 3. The van der Waals surface area contributed by atoms with Gasteiger partial charge in [-0.3, -0.25) is 19.3 Å². The van der Waals surface area contributed by atoms with Crippen LogP contribution < -0.4 is 14.8 Å². The number of hydrogen-bond donors (Lipinski definition) is 3. The van der Waals surface area contributed by atoms with Crippen LogP contribution in [0.2, 0.25) is 0 Å². The summed E-state index contributed by atoms with van der Waals surface area (Å²) in [6.45, 7) is 2.07. The smallest absolute Gasteiger partial charge is 0.437 e. The maximum atomic E-state index is 16.7. The van der Waals surface area contributed by atoms with Crippen LogP contribution in [0.15, 0.2) is 52.9 Å². The molecule has 2 aliphatic heterocycles. The third-order valence-corrected chi connectivity index (χ3v) is 13.9. The number of β-amino-alcohol motifs (C(OH)–C–C–N with tert-alkyl or cyclic N) is 1. The lowest BCUT2D eigenvalue weighted by Crippen LogP contribution is -2.38. The standard InChI is InChI=1S/C43H42F4N8O6S/c1-60-42-35(22-55-15-13-26(56)21-55)49-38(43(45,46)47)39(52-42)50-33-11-10-29-28(4-2-5-30(29)33)31-6-3-7-32(36(31)44)41-51-34-17-23(16-25(18-48)37(34)61-41)19-54-14-12-24(20-54)40(57)53-62(58,59)27-8-9-27/h2-7,16-17,24,26-27,33,56H,8-15,19-22H2,1H3,(H,50,52)(H,53,57)/t24-,26-,33-/m1/s1. The summed E-state index contributed by atoms with van der Waals surface area (Å²) in [6.07, 6.45) is -2.50. The molecule has 0 radical (unpaired) electrons. The van der Waals surface area contributed by atoms with Crippen LogP contribution in [0.4, 0.5) is 23.4 Å². The van der Waals surface area contributed by atoms with E-state index in [9.17, 15) is 36.8 Å². The number of hydrogen-bond acceptors (Lipinski definition) is 13. The van der Waals surface area contributed by atoms with Crippen LogP contribution in [0.5, 0.6) is 5.88 Å². The van der Waals surface area contributed by atoms with Crippen molar-refractivity contribution in [3.8, 4) is 34.5 Å². The molecule has 1 saturated carbocycles. The highest BCUT2D eigenvalue weighted by atomic mass is 32.2. The number of ether oxygens (including phenoxy) is 1. The lowest BCUT2D eigenvalue weighted by molar-refractivity contribution is -0.141. The first-order valence-electron chi connectivity index (χ1n) is 20.4. The van der Waals surface area contributed by atoms with Crippen molar-refractivity contribution in [3.05, 3.63) is 88.0 Å². The number of aliphatic hydroxyl groups excluding tert-OH is 1. The van der Waals surface area contributed by atoms with Crippen molar-refractivity contribution in [1.82, 2.24) is 29.5 Å². The van der Waals surface area contributed by atoms with Crippen LogP contribution in [0.3, 0.4) is 0 Å². The Morgan fingerprint density at radius 2 is 1.73 bits per heavy atom. The Morgan fingerprint density at radius 3 is 2.45 bits per heavy atom. The third-order valence-electron chi connectivity index (χ3n) is 12.0. The second-order valence-electron chi connectivity index (χ2n) is 16.4. The van der Waals surface area contributed by atoms with Crippen LogP contribution in [0, 0.1) is 23.1 Å². The number of nitrogens with one attached hydrogen (secondary N) is 2. The fraction of sp³-hybridized carbons (Fsp3) is 0.419. The zero-order valence-corrected chi connectivity index (χ0v) is 34.3. The molecule has 3 atom stereocenters. The van der Waals surface area contributed by atoms with Crippen LogP contribution in [0.1, 0.15) is 71.8 Å². The molecule has 3 N–H and O–H groups in total. The number of nitrogens with zero attached hydrogens (tertiary/aromatic N) is 6. The molecule has 19 heteroatoms. The maximum Gasteiger partial charge on any atom is 0.437 e. The van der Waals surface area contributed by atoms with Gasteiger partial charge in [-0.05, 0) is 85.5 Å². The molecule has 0 spiro atoms. The summed E-state index contributed by atoms with van der Waals surface area (Å²) in [4.78, 5) is 29.4. The Hall–Kier alpha value is -5.68. The van der Waals surface area contributed by atoms with Crippen molar-refractivity contribution in [2.24, 2.45) is 5.92 Å². The molecule has 0 bridgehead atoms. The number of carbonyl (C=O) groups excluding carboxylic acids is 1. The summed E-state index contributed by atoms with van der Waals surface area (Å²) in [6, 6.07) is 15.0. The average molecular weight is 875 g/mol. The summed E-state index contributed by atoms with van der Waals surface area (Å²) in [7, 11) is -2.34. The van der Waals surface area contributed by atoms with E-state index in [0.717, 1.165) is 5.56 Å². The van der Waals surface area contributed by atoms with Gasteiger partial charge in [0.15, 0.2) is 17.1 Å². The van der Waals surface area contributed by atoms with Crippen LogP contribution in [-0.4, -0.2) is 88.8 Å². The van der Waals surface area contributed by atoms with Crippen molar-refractivity contribution >= 4 is 32.8 Å². The van der Waals surface area contributed by atoms with E-state index in [-0.39, 0.29) is 46.3 Å². The fourth-order valence-electron chi connectivity index (χ4n) is 8.83. The number of fused-ring (bicyclic) bond motifs is 2. The molecular formula is C43H42F4N8O6S. The number of oxazole rings is 1. The average Bonchev–Trinajstić information content (AvgIpc) is 3.48. The van der Waals surface area contributed by atoms with Gasteiger partial charge in [0, 0.05) is 38.3 Å². The van der Waals surface area contributed by atoms with E-state index in [1.807, 2.05) is 4.90 Å². The number of carbonyl (C=O) groups is 1. The van der Waals surface area contributed by atoms with Crippen LogP contribution >= 0.6 is 0 Å². The van der Waals surface area contributed by atoms with Gasteiger partial charge in [-0.2, -0.15) is 23.4 Å². The largest absolute Gasteiger partial charge is 0.480 e. The predicted octanol–water partition coefficient (Wildman–Crippen LogP) is 6.09. The number of halogens is 4. The van der Waals surface area contributed by atoms with Gasteiger partial charge in [0.1, 0.15) is 23.1 Å². The number of likely N-dealkylation sites (tertiary alicyclic amines) is 2. The molecule has 4 aliphatic rings. The quantitative estimate of drug-likeness (QED) is 0.123. The molecule has 5 aromatic rings. The van der Waals surface area contributed by atoms with Crippen molar-refractivity contribution in [1.29, 1.82) is 5.26 Å². The molecule has 2 aliphatic carbocycles. The number of amides is 1. The van der Waals surface area contributed by atoms with Crippen molar-refractivity contribution in [3.63, 3.8) is 0 Å². The highest BCUT2D eigenvalue weighted by Crippen LogP contribution is 2.44. The van der Waals surface area contributed by atoms with Crippen LogP contribution in [0.25, 0.3) is 33.7 Å². The summed E-state index contributed by atoms with van der Waals surface area (Å²) in [5, 5.41) is 22.4. The Labute approximate surface area is 354 Å². The minimum absolute atomic E-state index is 0.0103. The van der Waals surface area contributed by atoms with Gasteiger partial charge in [0.05, 0.1) is 41.6 Å². The Balaban J connectivity index is 0.954. The van der Waals surface area contributed by atoms with Crippen molar-refractivity contribution in [2.75, 3.05) is 38.6 Å². The molecule has 1 amide bonds. The fourth-order valence-corrected chi connectivity index (χ4v) is 10.2. The maximum absolute atomic E-state index is 16.7. The van der Waals surface area contributed by atoms with E-state index in [1.54, 1.807) is 47.4 Å². The molecule has 3 aromatic carbocycles. The van der Waals surface area contributed by atoms with Gasteiger partial charge in [0.2, 0.25) is 27.7 Å². The first-order valence-corrected chi connectivity index (χ1v) is 21.9. The number of anilines is 1. The number of rotatable bonds is 12. The van der Waals surface area contributed by atoms with Crippen LogP contribution in [-0.2, 0) is 40.5 Å². The number of aromatic nitrogens is 3. The molecule has 4 heterocycles. The first kappa shape index (κ1) is 41.7. The second kappa shape index (κ2) is 16.2. The van der Waals surface area contributed by atoms with Gasteiger partial charge < -0.3 is 19.6 Å². The van der Waals surface area contributed by atoms with Crippen molar-refractivity contribution in [2.45, 2.75) is 75.2 Å². The monoisotopic (exact) mass is 874 g/mol. The van der Waals surface area contributed by atoms with Gasteiger partial charge in [-0.25, -0.2) is 22.8 Å². The minimum atomic E-state index is -4.84. The topological polar surface area (TPSA) is 187 Å². The second-order valence-corrected chi connectivity index (χ2v) is 18.3. The number of alkyl halides is 3. The third kappa shape index (κ3) is 8.19. The zero-order valence-electron chi connectivity index (χ0n) is 33.5. The predicted molar refractivity (Wildman–Crippen MR) is 217 cm³/mol. The molecule has 2 aromatic heterocycles. The number of methoxy groups -OCH3 is 1. The number of sulfonamides is 1. The Kier molecular flexibility index (Phi) is 10.9. The SMILES string of the molecule is COc1nc(N[C@@H]2CCc3c(-c4cccc(-c5nc6cc(CN7CC[C@@H](C(=O)NS(=O)(=O)C8CC8)C7)cc(C#N)c6o5)c4F)cccc32)c(C(F)(F)F)nc1CN1CC[C@@H](O)C1. The zero-order chi connectivity index (χ0) is 43.5. The lowest BCUT2D eigenvalue weighted by Gasteiger charge is -2.22. The summed E-state index contributed by atoms with van der Waals surface area (Å²) in [5.74, 6) is -2.24. The van der Waals surface area contributed by atoms with Gasteiger partial charge >= 0.3 is 6.18 Å². The van der Waals surface area contributed by atoms with Gasteiger partial charge in [0.25, 0.3) is 0 Å². The van der Waals surface area contributed by atoms with E-state index < -0.39 is 62.7 Å². The van der Waals surface area contributed by atoms with E-state index in [1.165, 1.54) is 13.2 Å². The molecule has 0 unspecified atom stereocenters. The highest BCUT2D eigenvalue weighted by molar-refractivity contribution is 7.90. The molecule has 62 heavy (non-hydrogen) atoms. The molecular weight excluding hydrogens is 833 g/mol. The summed E-state index contributed by atoms with van der Waals surface area (Å²) < 4.78 is 98.4. The van der Waals surface area contributed by atoms with Gasteiger partial charge in [-0.15, -0.1) is 0 Å². The number of nitriles is 1. The number of aliphatic hydroxyl groups is 1. The lowest BCUT2D eigenvalue weighted by atomic mass is 9.94. The Morgan fingerprint density at radius 1 is 0.984 bits per heavy atom. The summed E-state index contributed by atoms with van der Waals surface area (Å²) in [5.41, 5.74) is 2.49. The first-order chi connectivity index (χ1) is 29.7. The van der Waals surface area contributed by atoms with Crippen molar-refractivity contribution < 1.29 is 45.0 Å². The van der Waals surface area contributed by atoms with E-state index in [4.69, 9.17) is 9.15 Å².